The average molecular weight is 185 g/mol. The van der Waals surface area contributed by atoms with Gasteiger partial charge in [0.05, 0.1) is 0 Å². The van der Waals surface area contributed by atoms with Gasteiger partial charge in [0.15, 0.2) is 5.82 Å². The Bertz CT molecular complexity index is 249. The predicted molar refractivity (Wildman–Crippen MR) is 48.6 cm³/mol. The summed E-state index contributed by atoms with van der Waals surface area (Å²) in [6.07, 6.45) is 0.915. The zero-order valence-electron chi connectivity index (χ0n) is 8.20. The Hall–Kier alpha value is -1.10. The minimum atomic E-state index is 0.278. The zero-order valence-corrected chi connectivity index (χ0v) is 8.20. The van der Waals surface area contributed by atoms with Crippen molar-refractivity contribution in [2.45, 2.75) is 26.3 Å². The number of ether oxygens (including phenoxy) is 1. The molecule has 5 nitrogen and oxygen atoms in total. The van der Waals surface area contributed by atoms with Crippen LogP contribution in [0, 0.1) is 6.92 Å². The maximum atomic E-state index is 4.95. The van der Waals surface area contributed by atoms with Gasteiger partial charge in [0, 0.05) is 19.8 Å². The quantitative estimate of drug-likeness (QED) is 0.747. The van der Waals surface area contributed by atoms with E-state index in [9.17, 15) is 0 Å². The third kappa shape index (κ3) is 3.42. The molecule has 13 heavy (non-hydrogen) atoms. The highest BCUT2D eigenvalue weighted by atomic mass is 16.5. The smallest absolute Gasteiger partial charge is 0.321 e. The summed E-state index contributed by atoms with van der Waals surface area (Å²) >= 11 is 0. The molecule has 1 rings (SSSR count). The molecule has 1 heterocycles. The van der Waals surface area contributed by atoms with Gasteiger partial charge in [0.1, 0.15) is 0 Å². The van der Waals surface area contributed by atoms with Crippen molar-refractivity contribution in [3.63, 3.8) is 0 Å². The van der Waals surface area contributed by atoms with Crippen molar-refractivity contribution in [2.24, 2.45) is 0 Å². The molecule has 1 N–H and O–H groups in total. The molecule has 0 radical (unpaired) electrons. The third-order valence-corrected chi connectivity index (χ3v) is 1.65. The van der Waals surface area contributed by atoms with E-state index in [0.717, 1.165) is 13.0 Å². The molecule has 0 amide bonds. The van der Waals surface area contributed by atoms with Gasteiger partial charge in [-0.1, -0.05) is 5.16 Å². The molecule has 0 aromatic carbocycles. The Morgan fingerprint density at radius 3 is 2.92 bits per heavy atom. The summed E-state index contributed by atoms with van der Waals surface area (Å²) in [7, 11) is 1.68. The van der Waals surface area contributed by atoms with Gasteiger partial charge in [-0.25, -0.2) is 0 Å². The minimum absolute atomic E-state index is 0.278. The molecule has 0 fully saturated rings. The van der Waals surface area contributed by atoms with Crippen LogP contribution in [0.3, 0.4) is 0 Å². The fourth-order valence-corrected chi connectivity index (χ4v) is 0.933. The molecule has 0 saturated carbocycles. The lowest BCUT2D eigenvalue weighted by Crippen LogP contribution is -2.17. The third-order valence-electron chi connectivity index (χ3n) is 1.65. The highest BCUT2D eigenvalue weighted by Crippen LogP contribution is 2.05. The fourth-order valence-electron chi connectivity index (χ4n) is 0.933. The number of aryl methyl sites for hydroxylation is 1. The van der Waals surface area contributed by atoms with Gasteiger partial charge in [-0.2, -0.15) is 4.98 Å². The summed E-state index contributed by atoms with van der Waals surface area (Å²) in [5.74, 6) is 0.640. The molecule has 1 aromatic heterocycles. The molecule has 0 saturated heterocycles. The highest BCUT2D eigenvalue weighted by Gasteiger charge is 2.06. The van der Waals surface area contributed by atoms with E-state index in [1.165, 1.54) is 0 Å². The fraction of sp³-hybridized carbons (Fsp3) is 0.750. The second-order valence-electron chi connectivity index (χ2n) is 2.97. The normalized spacial score (nSPS) is 12.8. The van der Waals surface area contributed by atoms with E-state index in [2.05, 4.69) is 15.5 Å². The van der Waals surface area contributed by atoms with Crippen LogP contribution in [0.1, 0.15) is 19.2 Å². The van der Waals surface area contributed by atoms with Crippen molar-refractivity contribution in [3.05, 3.63) is 5.82 Å². The monoisotopic (exact) mass is 185 g/mol. The van der Waals surface area contributed by atoms with Crippen LogP contribution >= 0.6 is 0 Å². The number of rotatable bonds is 5. The molecule has 0 aliphatic rings. The Labute approximate surface area is 77.5 Å². The SMILES string of the molecule is COCCC(C)Nc1nc(C)no1. The van der Waals surface area contributed by atoms with E-state index in [1.807, 2.05) is 6.92 Å². The lowest BCUT2D eigenvalue weighted by molar-refractivity contribution is 0.191. The first-order valence-electron chi connectivity index (χ1n) is 4.28. The number of anilines is 1. The largest absolute Gasteiger partial charge is 0.385 e. The van der Waals surface area contributed by atoms with Crippen LogP contribution in [-0.4, -0.2) is 29.9 Å². The molecular formula is C8H15N3O2. The predicted octanol–water partition coefficient (Wildman–Crippen LogP) is 1.21. The summed E-state index contributed by atoms with van der Waals surface area (Å²) in [5, 5.41) is 6.75. The van der Waals surface area contributed by atoms with Gasteiger partial charge in [-0.3, -0.25) is 0 Å². The molecule has 1 unspecified atom stereocenters. The highest BCUT2D eigenvalue weighted by molar-refractivity contribution is 5.19. The molecule has 5 heteroatoms. The molecule has 0 spiro atoms. The zero-order chi connectivity index (χ0) is 9.68. The van der Waals surface area contributed by atoms with Gasteiger partial charge in [-0.15, -0.1) is 0 Å². The van der Waals surface area contributed by atoms with Crippen molar-refractivity contribution in [2.75, 3.05) is 19.0 Å². The Kier molecular flexibility index (Phi) is 3.70. The second kappa shape index (κ2) is 4.81. The van der Waals surface area contributed by atoms with Crippen molar-refractivity contribution in [3.8, 4) is 0 Å². The maximum absolute atomic E-state index is 4.95. The van der Waals surface area contributed by atoms with Crippen molar-refractivity contribution < 1.29 is 9.26 Å². The molecule has 74 valence electrons. The molecular weight excluding hydrogens is 170 g/mol. The lowest BCUT2D eigenvalue weighted by Gasteiger charge is -2.09. The first-order valence-corrected chi connectivity index (χ1v) is 4.28. The number of hydrogen-bond acceptors (Lipinski definition) is 5. The summed E-state index contributed by atoms with van der Waals surface area (Å²) in [6.45, 7) is 4.55. The number of aromatic nitrogens is 2. The standard InChI is InChI=1S/C8H15N3O2/c1-6(4-5-12-3)9-8-10-7(2)11-13-8/h6H,4-5H2,1-3H3,(H,9,10,11). The lowest BCUT2D eigenvalue weighted by atomic mass is 10.2. The molecule has 0 aliphatic heterocycles. The number of nitrogens with one attached hydrogen (secondary N) is 1. The van der Waals surface area contributed by atoms with Crippen LogP contribution in [0.15, 0.2) is 4.52 Å². The van der Waals surface area contributed by atoms with Gasteiger partial charge in [-0.05, 0) is 20.3 Å². The van der Waals surface area contributed by atoms with Crippen molar-refractivity contribution in [1.29, 1.82) is 0 Å². The Morgan fingerprint density at radius 1 is 1.62 bits per heavy atom. The van der Waals surface area contributed by atoms with Crippen LogP contribution in [0.2, 0.25) is 0 Å². The van der Waals surface area contributed by atoms with Gasteiger partial charge in [0.25, 0.3) is 0 Å². The van der Waals surface area contributed by atoms with Crippen LogP contribution in [-0.2, 0) is 4.74 Å². The van der Waals surface area contributed by atoms with Crippen LogP contribution < -0.4 is 5.32 Å². The Balaban J connectivity index is 2.31. The minimum Gasteiger partial charge on any atom is -0.385 e. The van der Waals surface area contributed by atoms with E-state index in [1.54, 1.807) is 14.0 Å². The number of hydrogen-bond donors (Lipinski definition) is 1. The average Bonchev–Trinajstić information content (AvgIpc) is 2.48. The van der Waals surface area contributed by atoms with Crippen LogP contribution in [0.5, 0.6) is 0 Å². The summed E-state index contributed by atoms with van der Waals surface area (Å²) < 4.78 is 9.85. The summed E-state index contributed by atoms with van der Waals surface area (Å²) in [4.78, 5) is 4.03. The topological polar surface area (TPSA) is 60.2 Å². The first-order chi connectivity index (χ1) is 6.22. The number of nitrogens with zero attached hydrogens (tertiary/aromatic N) is 2. The van der Waals surface area contributed by atoms with E-state index in [-0.39, 0.29) is 6.04 Å². The van der Waals surface area contributed by atoms with Crippen LogP contribution in [0.4, 0.5) is 6.01 Å². The van der Waals surface area contributed by atoms with E-state index in [4.69, 9.17) is 9.26 Å². The van der Waals surface area contributed by atoms with E-state index >= 15 is 0 Å². The van der Waals surface area contributed by atoms with E-state index < -0.39 is 0 Å². The Morgan fingerprint density at radius 2 is 2.38 bits per heavy atom. The second-order valence-corrected chi connectivity index (χ2v) is 2.97. The molecule has 1 atom stereocenters. The first kappa shape index (κ1) is 9.98. The van der Waals surface area contributed by atoms with Gasteiger partial charge >= 0.3 is 6.01 Å². The maximum Gasteiger partial charge on any atom is 0.321 e. The van der Waals surface area contributed by atoms with E-state index in [0.29, 0.717) is 11.8 Å². The van der Waals surface area contributed by atoms with Crippen LogP contribution in [0.25, 0.3) is 0 Å². The van der Waals surface area contributed by atoms with Gasteiger partial charge < -0.3 is 14.6 Å². The summed E-state index contributed by atoms with van der Waals surface area (Å²) in [5.41, 5.74) is 0. The molecule has 0 aliphatic carbocycles. The number of methoxy groups -OCH3 is 1. The summed E-state index contributed by atoms with van der Waals surface area (Å²) in [6, 6.07) is 0.751. The molecule has 0 bridgehead atoms. The van der Waals surface area contributed by atoms with Crippen molar-refractivity contribution in [1.82, 2.24) is 10.1 Å². The van der Waals surface area contributed by atoms with Gasteiger partial charge in [0.2, 0.25) is 0 Å². The molecule has 1 aromatic rings. The van der Waals surface area contributed by atoms with Crippen molar-refractivity contribution >= 4 is 6.01 Å².